The molecule has 0 aliphatic heterocycles. The van der Waals surface area contributed by atoms with Crippen LogP contribution in [0.2, 0.25) is 0 Å². The van der Waals surface area contributed by atoms with E-state index < -0.39 is 0 Å². The Balaban J connectivity index is 1.56. The second-order valence-corrected chi connectivity index (χ2v) is 7.45. The Bertz CT molecular complexity index is 590. The molecule has 2 heterocycles. The van der Waals surface area contributed by atoms with Crippen molar-refractivity contribution in [3.8, 4) is 10.7 Å². The average molecular weight is 322 g/mol. The lowest BCUT2D eigenvalue weighted by Gasteiger charge is -2.15. The summed E-state index contributed by atoms with van der Waals surface area (Å²) in [6, 6.07) is 4.33. The van der Waals surface area contributed by atoms with Crippen molar-refractivity contribution in [2.24, 2.45) is 0 Å². The van der Waals surface area contributed by atoms with E-state index in [1.165, 1.54) is 24.6 Å². The minimum absolute atomic E-state index is 0.0781. The van der Waals surface area contributed by atoms with Crippen LogP contribution in [-0.2, 0) is 4.79 Å². The van der Waals surface area contributed by atoms with Crippen LogP contribution in [0, 0.1) is 0 Å². The second kappa shape index (κ2) is 6.62. The first kappa shape index (κ1) is 14.6. The van der Waals surface area contributed by atoms with E-state index in [2.05, 4.69) is 20.5 Å². The first-order valence-corrected chi connectivity index (χ1v) is 8.91. The minimum atomic E-state index is -0.183. The third-order valence-electron chi connectivity index (χ3n) is 3.57. The predicted octanol–water partition coefficient (Wildman–Crippen LogP) is 3.07. The van der Waals surface area contributed by atoms with E-state index in [4.69, 9.17) is 0 Å². The summed E-state index contributed by atoms with van der Waals surface area (Å²) in [5.74, 6) is 0.838. The summed E-state index contributed by atoms with van der Waals surface area (Å²) in [4.78, 5) is 17.6. The van der Waals surface area contributed by atoms with Crippen LogP contribution in [-0.4, -0.2) is 32.4 Å². The highest BCUT2D eigenvalue weighted by Gasteiger charge is 2.22. The second-order valence-electron chi connectivity index (χ2n) is 5.19. The third-order valence-corrected chi connectivity index (χ3v) is 5.41. The number of hydrogen-bond donors (Lipinski definition) is 2. The van der Waals surface area contributed by atoms with E-state index in [1.807, 2.05) is 24.4 Å². The molecule has 0 radical (unpaired) electrons. The molecule has 2 N–H and O–H groups in total. The first-order valence-electron chi connectivity index (χ1n) is 7.15. The zero-order chi connectivity index (χ0) is 14.7. The van der Waals surface area contributed by atoms with Crippen LogP contribution in [0.4, 0.5) is 0 Å². The molecule has 1 atom stereocenters. The predicted molar refractivity (Wildman–Crippen MR) is 85.4 cm³/mol. The van der Waals surface area contributed by atoms with Gasteiger partial charge in [0.15, 0.2) is 5.82 Å². The number of aromatic amines is 1. The Morgan fingerprint density at radius 2 is 2.33 bits per heavy atom. The number of nitrogens with one attached hydrogen (secondary N) is 2. The largest absolute Gasteiger partial charge is 0.352 e. The monoisotopic (exact) mass is 322 g/mol. The lowest BCUT2D eigenvalue weighted by atomic mass is 10.2. The van der Waals surface area contributed by atoms with Crippen molar-refractivity contribution in [3.05, 3.63) is 17.5 Å². The van der Waals surface area contributed by atoms with Crippen molar-refractivity contribution in [2.75, 3.05) is 0 Å². The normalized spacial score (nSPS) is 17.0. The van der Waals surface area contributed by atoms with E-state index >= 15 is 0 Å². The molecule has 1 amide bonds. The molecule has 1 saturated carbocycles. The van der Waals surface area contributed by atoms with Crippen LogP contribution >= 0.6 is 23.1 Å². The summed E-state index contributed by atoms with van der Waals surface area (Å²) in [6.07, 6.45) is 4.65. The molecule has 1 fully saturated rings. The zero-order valence-corrected chi connectivity index (χ0v) is 13.5. The standard InChI is InChI=1S/C14H18N4OS2/c1-9(13(19)15-10-5-2-3-6-10)21-14-16-12(17-18-14)11-7-4-8-20-11/h4,7-10H,2-3,5-6H2,1H3,(H,15,19)(H,16,17,18). The van der Waals surface area contributed by atoms with Gasteiger partial charge in [-0.05, 0) is 31.2 Å². The van der Waals surface area contributed by atoms with Gasteiger partial charge in [0, 0.05) is 6.04 Å². The molecular formula is C14H18N4OS2. The van der Waals surface area contributed by atoms with Crippen LogP contribution in [0.1, 0.15) is 32.6 Å². The summed E-state index contributed by atoms with van der Waals surface area (Å²) in [5, 5.41) is 12.6. The van der Waals surface area contributed by atoms with Gasteiger partial charge in [-0.25, -0.2) is 4.98 Å². The van der Waals surface area contributed by atoms with Crippen molar-refractivity contribution in [1.29, 1.82) is 0 Å². The third kappa shape index (κ3) is 3.65. The Morgan fingerprint density at radius 1 is 1.52 bits per heavy atom. The van der Waals surface area contributed by atoms with E-state index in [-0.39, 0.29) is 11.2 Å². The molecule has 2 aromatic rings. The number of hydrogen-bond acceptors (Lipinski definition) is 5. The first-order chi connectivity index (χ1) is 10.2. The van der Waals surface area contributed by atoms with E-state index in [0.29, 0.717) is 11.2 Å². The van der Waals surface area contributed by atoms with E-state index in [0.717, 1.165) is 23.5 Å². The number of thiophene rings is 1. The number of nitrogens with zero attached hydrogens (tertiary/aromatic N) is 2. The lowest BCUT2D eigenvalue weighted by molar-refractivity contribution is -0.120. The van der Waals surface area contributed by atoms with Crippen molar-refractivity contribution >= 4 is 29.0 Å². The summed E-state index contributed by atoms with van der Waals surface area (Å²) in [5.41, 5.74) is 0. The number of rotatable bonds is 5. The van der Waals surface area contributed by atoms with Crippen molar-refractivity contribution in [2.45, 2.75) is 49.1 Å². The maximum atomic E-state index is 12.1. The summed E-state index contributed by atoms with van der Waals surface area (Å²) < 4.78 is 0. The number of thioether (sulfide) groups is 1. The Labute approximate surface area is 131 Å². The molecule has 1 aliphatic carbocycles. The molecule has 3 rings (SSSR count). The van der Waals surface area contributed by atoms with Crippen molar-refractivity contribution in [3.63, 3.8) is 0 Å². The van der Waals surface area contributed by atoms with E-state index in [1.54, 1.807) is 11.3 Å². The van der Waals surface area contributed by atoms with Gasteiger partial charge in [0.05, 0.1) is 10.1 Å². The summed E-state index contributed by atoms with van der Waals surface area (Å²) in [6.45, 7) is 1.90. The molecule has 0 spiro atoms. The van der Waals surface area contributed by atoms with Gasteiger partial charge < -0.3 is 5.32 Å². The Hall–Kier alpha value is -1.34. The summed E-state index contributed by atoms with van der Waals surface area (Å²) in [7, 11) is 0. The van der Waals surface area contributed by atoms with E-state index in [9.17, 15) is 4.79 Å². The van der Waals surface area contributed by atoms with Crippen LogP contribution in [0.25, 0.3) is 10.7 Å². The van der Waals surface area contributed by atoms with Gasteiger partial charge in [-0.1, -0.05) is 30.7 Å². The van der Waals surface area contributed by atoms with Gasteiger partial charge in [0.25, 0.3) is 0 Å². The number of carbonyl (C=O) groups excluding carboxylic acids is 1. The molecule has 0 bridgehead atoms. The molecule has 1 unspecified atom stereocenters. The molecule has 5 nitrogen and oxygen atoms in total. The molecule has 1 aliphatic rings. The van der Waals surface area contributed by atoms with Gasteiger partial charge in [0.2, 0.25) is 11.1 Å². The molecule has 112 valence electrons. The minimum Gasteiger partial charge on any atom is -0.352 e. The van der Waals surface area contributed by atoms with Gasteiger partial charge in [0.1, 0.15) is 0 Å². The number of aromatic nitrogens is 3. The van der Waals surface area contributed by atoms with Gasteiger partial charge >= 0.3 is 0 Å². The van der Waals surface area contributed by atoms with Gasteiger partial charge in [-0.3, -0.25) is 9.89 Å². The van der Waals surface area contributed by atoms with Crippen LogP contribution in [0.5, 0.6) is 0 Å². The zero-order valence-electron chi connectivity index (χ0n) is 11.8. The van der Waals surface area contributed by atoms with Crippen LogP contribution in [0.15, 0.2) is 22.7 Å². The maximum absolute atomic E-state index is 12.1. The molecular weight excluding hydrogens is 304 g/mol. The SMILES string of the molecule is CC(Sc1n[nH]c(-c2cccs2)n1)C(=O)NC1CCCC1. The fraction of sp³-hybridized carbons (Fsp3) is 0.500. The molecule has 7 heteroatoms. The number of carbonyl (C=O) groups is 1. The summed E-state index contributed by atoms with van der Waals surface area (Å²) >= 11 is 3.01. The van der Waals surface area contributed by atoms with Crippen molar-refractivity contribution < 1.29 is 4.79 Å². The Morgan fingerprint density at radius 3 is 3.05 bits per heavy atom. The fourth-order valence-corrected chi connectivity index (χ4v) is 3.82. The topological polar surface area (TPSA) is 70.7 Å². The maximum Gasteiger partial charge on any atom is 0.233 e. The van der Waals surface area contributed by atoms with Crippen molar-refractivity contribution in [1.82, 2.24) is 20.5 Å². The molecule has 2 aromatic heterocycles. The molecule has 0 saturated heterocycles. The highest BCUT2D eigenvalue weighted by Crippen LogP contribution is 2.25. The fourth-order valence-electron chi connectivity index (χ4n) is 2.42. The van der Waals surface area contributed by atoms with Crippen LogP contribution in [0.3, 0.4) is 0 Å². The highest BCUT2D eigenvalue weighted by molar-refractivity contribution is 8.00. The average Bonchev–Trinajstić information content (AvgIpc) is 3.20. The number of amides is 1. The highest BCUT2D eigenvalue weighted by atomic mass is 32.2. The quantitative estimate of drug-likeness (QED) is 0.830. The molecule has 0 aromatic carbocycles. The molecule has 21 heavy (non-hydrogen) atoms. The van der Waals surface area contributed by atoms with Gasteiger partial charge in [-0.15, -0.1) is 16.4 Å². The smallest absolute Gasteiger partial charge is 0.233 e. The lowest BCUT2D eigenvalue weighted by Crippen LogP contribution is -2.37. The van der Waals surface area contributed by atoms with Gasteiger partial charge in [-0.2, -0.15) is 0 Å². The Kier molecular flexibility index (Phi) is 4.60. The number of H-pyrrole nitrogens is 1. The van der Waals surface area contributed by atoms with Crippen LogP contribution < -0.4 is 5.32 Å².